The second-order valence-corrected chi connectivity index (χ2v) is 6.38. The molecule has 142 valence electrons. The summed E-state index contributed by atoms with van der Waals surface area (Å²) in [7, 11) is 0. The van der Waals surface area contributed by atoms with Crippen LogP contribution in [0.1, 0.15) is 33.1 Å². The van der Waals surface area contributed by atoms with Crippen molar-refractivity contribution in [3.8, 4) is 0 Å². The van der Waals surface area contributed by atoms with E-state index in [1.54, 1.807) is 25.1 Å². The normalized spacial score (nSPS) is 16.0. The zero-order chi connectivity index (χ0) is 19.1. The molecule has 1 fully saturated rings. The van der Waals surface area contributed by atoms with Gasteiger partial charge in [-0.05, 0) is 32.3 Å². The minimum Gasteiger partial charge on any atom is -0.452 e. The van der Waals surface area contributed by atoms with Gasteiger partial charge in [-0.2, -0.15) is 0 Å². The summed E-state index contributed by atoms with van der Waals surface area (Å²) >= 11 is 0. The fourth-order valence-corrected chi connectivity index (χ4v) is 2.96. The summed E-state index contributed by atoms with van der Waals surface area (Å²) < 4.78 is 5.27. The lowest BCUT2D eigenvalue weighted by Crippen LogP contribution is -2.40. The molecular weight excluding hydrogens is 338 g/mol. The fraction of sp³-hybridized carbons (Fsp3) is 0.556. The van der Waals surface area contributed by atoms with E-state index in [4.69, 9.17) is 4.74 Å². The molecule has 1 N–H and O–H groups in total. The molecule has 8 heteroatoms. The number of carbonyl (C=O) groups is 2. The van der Waals surface area contributed by atoms with Crippen molar-refractivity contribution in [2.45, 2.75) is 39.2 Å². The molecule has 1 saturated heterocycles. The summed E-state index contributed by atoms with van der Waals surface area (Å²) in [5.41, 5.74) is 0.631. The Morgan fingerprint density at radius 1 is 1.35 bits per heavy atom. The third kappa shape index (κ3) is 4.93. The predicted octanol–water partition coefficient (Wildman–Crippen LogP) is 2.27. The average Bonchev–Trinajstić information content (AvgIpc) is 2.66. The Morgan fingerprint density at radius 3 is 2.62 bits per heavy atom. The number of nitrogens with zero attached hydrogens (tertiary/aromatic N) is 2. The molecular formula is C18H25N3O5. The Labute approximate surface area is 152 Å². The molecule has 2 rings (SSSR count). The summed E-state index contributed by atoms with van der Waals surface area (Å²) in [5, 5.41) is 13.9. The van der Waals surface area contributed by atoms with E-state index < -0.39 is 11.0 Å². The molecule has 0 radical (unpaired) electrons. The van der Waals surface area contributed by atoms with Crippen LogP contribution in [-0.2, 0) is 14.3 Å². The zero-order valence-corrected chi connectivity index (χ0v) is 15.1. The first-order valence-corrected chi connectivity index (χ1v) is 8.90. The molecule has 0 unspecified atom stereocenters. The van der Waals surface area contributed by atoms with E-state index in [2.05, 4.69) is 5.32 Å². The molecule has 1 aliphatic rings. The maximum atomic E-state index is 12.3. The monoisotopic (exact) mass is 363 g/mol. The molecule has 0 aliphatic carbocycles. The number of esters is 1. The first-order valence-electron chi connectivity index (χ1n) is 8.90. The van der Waals surface area contributed by atoms with Gasteiger partial charge in [0.05, 0.1) is 10.8 Å². The van der Waals surface area contributed by atoms with Crippen molar-refractivity contribution in [3.05, 3.63) is 34.4 Å². The Balaban J connectivity index is 1.89. The lowest BCUT2D eigenvalue weighted by molar-refractivity contribution is -0.384. The number of nitrogens with one attached hydrogen (secondary N) is 1. The number of nitro benzene ring substituents is 1. The van der Waals surface area contributed by atoms with E-state index in [9.17, 15) is 19.7 Å². The minimum atomic E-state index is -0.817. The van der Waals surface area contributed by atoms with Crippen LogP contribution in [0.15, 0.2) is 24.3 Å². The highest BCUT2D eigenvalue weighted by molar-refractivity contribution is 5.84. The molecule has 1 atom stereocenters. The second kappa shape index (κ2) is 9.17. The molecule has 26 heavy (non-hydrogen) atoms. The highest BCUT2D eigenvalue weighted by Crippen LogP contribution is 2.31. The number of hydrogen-bond donors (Lipinski definition) is 1. The van der Waals surface area contributed by atoms with Gasteiger partial charge in [0.1, 0.15) is 5.69 Å². The topological polar surface area (TPSA) is 102 Å². The van der Waals surface area contributed by atoms with Crippen molar-refractivity contribution >= 4 is 23.3 Å². The number of rotatable bonds is 7. The lowest BCUT2D eigenvalue weighted by Gasteiger charge is -2.32. The van der Waals surface area contributed by atoms with Gasteiger partial charge < -0.3 is 15.0 Å². The number of anilines is 1. The molecule has 0 saturated carbocycles. The Morgan fingerprint density at radius 2 is 2.00 bits per heavy atom. The summed E-state index contributed by atoms with van der Waals surface area (Å²) in [4.78, 5) is 36.8. The van der Waals surface area contributed by atoms with Gasteiger partial charge in [-0.15, -0.1) is 0 Å². The standard InChI is InChI=1S/C18H25N3O5/c1-3-10-19-17(22)13(2)26-18(23)14-8-11-20(12-9-14)15-6-4-5-7-16(15)21(24)25/h4-7,13-14H,3,8-12H2,1-2H3,(H,19,22)/t13-/m0/s1. The number of ether oxygens (including phenoxy) is 1. The van der Waals surface area contributed by atoms with Gasteiger partial charge in [0.25, 0.3) is 11.6 Å². The summed E-state index contributed by atoms with van der Waals surface area (Å²) in [6.07, 6.45) is 1.07. The number of amides is 1. The van der Waals surface area contributed by atoms with Crippen molar-refractivity contribution in [1.82, 2.24) is 5.32 Å². The third-order valence-electron chi connectivity index (χ3n) is 4.46. The summed E-state index contributed by atoms with van der Waals surface area (Å²) in [6, 6.07) is 6.60. The maximum Gasteiger partial charge on any atom is 0.309 e. The molecule has 8 nitrogen and oxygen atoms in total. The quantitative estimate of drug-likeness (QED) is 0.453. The van der Waals surface area contributed by atoms with Gasteiger partial charge in [-0.3, -0.25) is 19.7 Å². The van der Waals surface area contributed by atoms with Crippen LogP contribution in [0.4, 0.5) is 11.4 Å². The number of nitro groups is 1. The van der Waals surface area contributed by atoms with Crippen molar-refractivity contribution in [2.75, 3.05) is 24.5 Å². The van der Waals surface area contributed by atoms with Crippen LogP contribution in [-0.4, -0.2) is 42.5 Å². The van der Waals surface area contributed by atoms with Gasteiger partial charge >= 0.3 is 5.97 Å². The Bertz CT molecular complexity index is 656. The Hall–Kier alpha value is -2.64. The number of para-hydroxylation sites is 2. The van der Waals surface area contributed by atoms with Crippen LogP contribution >= 0.6 is 0 Å². The van der Waals surface area contributed by atoms with Crippen LogP contribution in [0.5, 0.6) is 0 Å². The van der Waals surface area contributed by atoms with Crippen molar-refractivity contribution in [3.63, 3.8) is 0 Å². The first-order chi connectivity index (χ1) is 12.4. The molecule has 1 aliphatic heterocycles. The SMILES string of the molecule is CCCNC(=O)[C@H](C)OC(=O)C1CCN(c2ccccc2[N+](=O)[O-])CC1. The number of benzene rings is 1. The van der Waals surface area contributed by atoms with Gasteiger partial charge in [-0.25, -0.2) is 0 Å². The summed E-state index contributed by atoms with van der Waals surface area (Å²) in [5.74, 6) is -0.973. The largest absolute Gasteiger partial charge is 0.452 e. The first kappa shape index (κ1) is 19.7. The maximum absolute atomic E-state index is 12.3. The molecule has 0 spiro atoms. The van der Waals surface area contributed by atoms with E-state index in [0.29, 0.717) is 38.2 Å². The van der Waals surface area contributed by atoms with Crippen molar-refractivity contribution < 1.29 is 19.2 Å². The number of piperidine rings is 1. The van der Waals surface area contributed by atoms with Gasteiger partial charge in [0, 0.05) is 25.7 Å². The third-order valence-corrected chi connectivity index (χ3v) is 4.46. The number of hydrogen-bond acceptors (Lipinski definition) is 6. The smallest absolute Gasteiger partial charge is 0.309 e. The lowest BCUT2D eigenvalue weighted by atomic mass is 9.96. The molecule has 1 heterocycles. The minimum absolute atomic E-state index is 0.0646. The van der Waals surface area contributed by atoms with Gasteiger partial charge in [0.15, 0.2) is 6.10 Å². The van der Waals surface area contributed by atoms with E-state index in [1.807, 2.05) is 11.8 Å². The average molecular weight is 363 g/mol. The highest BCUT2D eigenvalue weighted by atomic mass is 16.6. The molecule has 0 aromatic heterocycles. The fourth-order valence-electron chi connectivity index (χ4n) is 2.96. The van der Waals surface area contributed by atoms with E-state index in [1.165, 1.54) is 6.07 Å². The molecule has 0 bridgehead atoms. The zero-order valence-electron chi connectivity index (χ0n) is 15.1. The van der Waals surface area contributed by atoms with Gasteiger partial charge in [-0.1, -0.05) is 19.1 Å². The summed E-state index contributed by atoms with van der Waals surface area (Å²) in [6.45, 7) is 5.12. The molecule has 1 amide bonds. The predicted molar refractivity (Wildman–Crippen MR) is 96.9 cm³/mol. The second-order valence-electron chi connectivity index (χ2n) is 6.38. The number of carbonyl (C=O) groups excluding carboxylic acids is 2. The van der Waals surface area contributed by atoms with E-state index in [0.717, 1.165) is 6.42 Å². The highest BCUT2D eigenvalue weighted by Gasteiger charge is 2.30. The van der Waals surface area contributed by atoms with Crippen LogP contribution < -0.4 is 10.2 Å². The van der Waals surface area contributed by atoms with Crippen LogP contribution in [0.2, 0.25) is 0 Å². The Kier molecular flexibility index (Phi) is 6.94. The molecule has 1 aromatic rings. The van der Waals surface area contributed by atoms with Crippen molar-refractivity contribution in [1.29, 1.82) is 0 Å². The van der Waals surface area contributed by atoms with E-state index >= 15 is 0 Å². The van der Waals surface area contributed by atoms with Crippen LogP contribution in [0, 0.1) is 16.0 Å². The van der Waals surface area contributed by atoms with E-state index in [-0.39, 0.29) is 23.5 Å². The van der Waals surface area contributed by atoms with Gasteiger partial charge in [0.2, 0.25) is 0 Å². The molecule has 1 aromatic carbocycles. The van der Waals surface area contributed by atoms with Crippen LogP contribution in [0.3, 0.4) is 0 Å². The van der Waals surface area contributed by atoms with Crippen LogP contribution in [0.25, 0.3) is 0 Å². The van der Waals surface area contributed by atoms with Crippen molar-refractivity contribution in [2.24, 2.45) is 5.92 Å².